The zero-order valence-corrected chi connectivity index (χ0v) is 19.9. The molecule has 0 unspecified atom stereocenters. The summed E-state index contributed by atoms with van der Waals surface area (Å²) in [6, 6.07) is 16.4. The van der Waals surface area contributed by atoms with Crippen LogP contribution in [0.25, 0.3) is 0 Å². The Kier molecular flexibility index (Phi) is 6.85. The monoisotopic (exact) mass is 490 g/mol. The number of ether oxygens (including phenoxy) is 1. The topological polar surface area (TPSA) is 66.9 Å². The molecule has 0 fully saturated rings. The maximum Gasteiger partial charge on any atom is 0.265 e. The van der Waals surface area contributed by atoms with Gasteiger partial charge in [0.2, 0.25) is 10.0 Å². The lowest BCUT2D eigenvalue weighted by Crippen LogP contribution is -2.37. The Balaban J connectivity index is 1.44. The van der Waals surface area contributed by atoms with E-state index in [-0.39, 0.29) is 22.3 Å². The standard InChI is InChI=1S/C23H23ClN2O4S2/c1-25(12-13-30-20-8-4-7-19(24)15-20)23(27)22-21(10-14-31-22)32(28,29)26-11-9-17-5-2-3-6-18(17)16-26/h2-8,10,14-15H,9,11-13,16H2,1H3. The predicted octanol–water partition coefficient (Wildman–Crippen LogP) is 4.30. The Bertz CT molecular complexity index is 1230. The third-order valence-electron chi connectivity index (χ3n) is 5.38. The molecule has 1 aliphatic heterocycles. The summed E-state index contributed by atoms with van der Waals surface area (Å²) in [5, 5.41) is 2.22. The number of rotatable bonds is 7. The van der Waals surface area contributed by atoms with E-state index in [1.54, 1.807) is 36.7 Å². The minimum absolute atomic E-state index is 0.0643. The number of fused-ring (bicyclic) bond motifs is 1. The van der Waals surface area contributed by atoms with Gasteiger partial charge in [-0.1, -0.05) is 41.9 Å². The fourth-order valence-electron chi connectivity index (χ4n) is 3.60. The van der Waals surface area contributed by atoms with E-state index in [1.807, 2.05) is 24.3 Å². The Morgan fingerprint density at radius 3 is 2.72 bits per heavy atom. The van der Waals surface area contributed by atoms with Gasteiger partial charge in [-0.3, -0.25) is 4.79 Å². The van der Waals surface area contributed by atoms with Gasteiger partial charge >= 0.3 is 0 Å². The van der Waals surface area contributed by atoms with E-state index in [0.29, 0.717) is 36.8 Å². The van der Waals surface area contributed by atoms with Crippen LogP contribution >= 0.6 is 22.9 Å². The van der Waals surface area contributed by atoms with Crippen LogP contribution in [0.15, 0.2) is 64.9 Å². The average Bonchev–Trinajstić information content (AvgIpc) is 3.29. The second-order valence-corrected chi connectivity index (χ2v) is 10.8. The maximum atomic E-state index is 13.4. The maximum absolute atomic E-state index is 13.4. The molecule has 0 spiro atoms. The molecule has 0 saturated carbocycles. The highest BCUT2D eigenvalue weighted by Crippen LogP contribution is 2.30. The van der Waals surface area contributed by atoms with Crippen molar-refractivity contribution in [2.45, 2.75) is 17.9 Å². The number of amides is 1. The SMILES string of the molecule is CN(CCOc1cccc(Cl)c1)C(=O)c1sccc1S(=O)(=O)N1CCc2ccccc2C1. The largest absolute Gasteiger partial charge is 0.492 e. The molecule has 32 heavy (non-hydrogen) atoms. The quantitative estimate of drug-likeness (QED) is 0.495. The molecular formula is C23H23ClN2O4S2. The lowest BCUT2D eigenvalue weighted by atomic mass is 10.0. The first-order valence-corrected chi connectivity index (χ1v) is 12.8. The van der Waals surface area contributed by atoms with E-state index in [4.69, 9.17) is 16.3 Å². The molecule has 2 aromatic carbocycles. The van der Waals surface area contributed by atoms with Gasteiger partial charge in [0.15, 0.2) is 0 Å². The van der Waals surface area contributed by atoms with Gasteiger partial charge in [-0.25, -0.2) is 8.42 Å². The predicted molar refractivity (Wildman–Crippen MR) is 126 cm³/mol. The van der Waals surface area contributed by atoms with Crippen LogP contribution in [0, 0.1) is 0 Å². The average molecular weight is 491 g/mol. The second kappa shape index (κ2) is 9.62. The molecule has 0 bridgehead atoms. The van der Waals surface area contributed by atoms with Crippen LogP contribution < -0.4 is 4.74 Å². The van der Waals surface area contributed by atoms with Crippen LogP contribution in [0.3, 0.4) is 0 Å². The molecular weight excluding hydrogens is 468 g/mol. The molecule has 6 nitrogen and oxygen atoms in total. The van der Waals surface area contributed by atoms with Crippen LogP contribution in [0.2, 0.25) is 5.02 Å². The number of hydrogen-bond acceptors (Lipinski definition) is 5. The molecule has 0 N–H and O–H groups in total. The first kappa shape index (κ1) is 22.8. The first-order chi connectivity index (χ1) is 15.4. The van der Waals surface area contributed by atoms with Crippen molar-refractivity contribution in [1.82, 2.24) is 9.21 Å². The van der Waals surface area contributed by atoms with Gasteiger partial charge in [-0.15, -0.1) is 11.3 Å². The highest BCUT2D eigenvalue weighted by Gasteiger charge is 2.33. The first-order valence-electron chi connectivity index (χ1n) is 10.1. The summed E-state index contributed by atoms with van der Waals surface area (Å²) < 4.78 is 33.8. The van der Waals surface area contributed by atoms with Crippen LogP contribution in [-0.4, -0.2) is 50.3 Å². The minimum Gasteiger partial charge on any atom is -0.492 e. The summed E-state index contributed by atoms with van der Waals surface area (Å²) in [6.45, 7) is 1.27. The Hall–Kier alpha value is -2.39. The summed E-state index contributed by atoms with van der Waals surface area (Å²) in [4.78, 5) is 14.8. The molecule has 2 heterocycles. The zero-order chi connectivity index (χ0) is 22.7. The van der Waals surface area contributed by atoms with E-state index in [0.717, 1.165) is 16.9 Å². The fourth-order valence-corrected chi connectivity index (χ4v) is 6.59. The molecule has 1 aliphatic rings. The van der Waals surface area contributed by atoms with E-state index < -0.39 is 10.0 Å². The van der Waals surface area contributed by atoms with Crippen LogP contribution in [0.4, 0.5) is 0 Å². The summed E-state index contributed by atoms with van der Waals surface area (Å²) in [5.74, 6) is 0.272. The highest BCUT2D eigenvalue weighted by molar-refractivity contribution is 7.89. The van der Waals surface area contributed by atoms with Crippen molar-refractivity contribution in [3.8, 4) is 5.75 Å². The lowest BCUT2D eigenvalue weighted by molar-refractivity contribution is 0.0775. The Morgan fingerprint density at radius 2 is 1.94 bits per heavy atom. The van der Waals surface area contributed by atoms with Crippen molar-refractivity contribution in [3.05, 3.63) is 81.0 Å². The number of nitrogens with zero attached hydrogens (tertiary/aromatic N) is 2. The fraction of sp³-hybridized carbons (Fsp3) is 0.261. The number of carbonyl (C=O) groups is 1. The number of benzene rings is 2. The zero-order valence-electron chi connectivity index (χ0n) is 17.5. The van der Waals surface area contributed by atoms with Crippen LogP contribution in [-0.2, 0) is 23.0 Å². The van der Waals surface area contributed by atoms with Gasteiger partial charge in [0.1, 0.15) is 22.1 Å². The molecule has 9 heteroatoms. The smallest absolute Gasteiger partial charge is 0.265 e. The van der Waals surface area contributed by atoms with Gasteiger partial charge in [0.25, 0.3) is 5.91 Å². The lowest BCUT2D eigenvalue weighted by Gasteiger charge is -2.28. The van der Waals surface area contributed by atoms with Crippen molar-refractivity contribution in [1.29, 1.82) is 0 Å². The molecule has 3 aromatic rings. The third kappa shape index (κ3) is 4.83. The number of thiophene rings is 1. The van der Waals surface area contributed by atoms with Gasteiger partial charge in [0.05, 0.1) is 6.54 Å². The normalized spacial score (nSPS) is 14.1. The number of sulfonamides is 1. The van der Waals surface area contributed by atoms with Crippen molar-refractivity contribution in [3.63, 3.8) is 0 Å². The summed E-state index contributed by atoms with van der Waals surface area (Å²) in [6.07, 6.45) is 0.656. The van der Waals surface area contributed by atoms with E-state index in [2.05, 4.69) is 0 Å². The number of carbonyl (C=O) groups excluding carboxylic acids is 1. The molecule has 168 valence electrons. The summed E-state index contributed by atoms with van der Waals surface area (Å²) in [5.41, 5.74) is 2.17. The van der Waals surface area contributed by atoms with E-state index in [9.17, 15) is 13.2 Å². The third-order valence-corrected chi connectivity index (χ3v) is 8.53. The molecule has 4 rings (SSSR count). The van der Waals surface area contributed by atoms with Crippen molar-refractivity contribution < 1.29 is 17.9 Å². The summed E-state index contributed by atoms with van der Waals surface area (Å²) >= 11 is 7.09. The van der Waals surface area contributed by atoms with E-state index >= 15 is 0 Å². The van der Waals surface area contributed by atoms with Gasteiger partial charge < -0.3 is 9.64 Å². The van der Waals surface area contributed by atoms with Crippen LogP contribution in [0.5, 0.6) is 5.75 Å². The second-order valence-electron chi connectivity index (χ2n) is 7.50. The minimum atomic E-state index is -3.79. The molecule has 1 aromatic heterocycles. The highest BCUT2D eigenvalue weighted by atomic mass is 35.5. The van der Waals surface area contributed by atoms with Crippen molar-refractivity contribution in [2.24, 2.45) is 0 Å². The summed E-state index contributed by atoms with van der Waals surface area (Å²) in [7, 11) is -2.15. The number of halogens is 1. The molecule has 0 radical (unpaired) electrons. The molecule has 1 amide bonds. The van der Waals surface area contributed by atoms with Crippen LogP contribution in [0.1, 0.15) is 20.8 Å². The molecule has 0 aliphatic carbocycles. The molecule has 0 atom stereocenters. The molecule has 0 saturated heterocycles. The number of likely N-dealkylation sites (N-methyl/N-ethyl adjacent to an activating group) is 1. The van der Waals surface area contributed by atoms with Crippen molar-refractivity contribution in [2.75, 3.05) is 26.7 Å². The number of hydrogen-bond donors (Lipinski definition) is 0. The van der Waals surface area contributed by atoms with Gasteiger partial charge in [-0.05, 0) is 47.2 Å². The van der Waals surface area contributed by atoms with Crippen molar-refractivity contribution >= 4 is 38.9 Å². The van der Waals surface area contributed by atoms with Gasteiger partial charge in [0, 0.05) is 25.2 Å². The van der Waals surface area contributed by atoms with Gasteiger partial charge in [-0.2, -0.15) is 4.31 Å². The Morgan fingerprint density at radius 1 is 1.16 bits per heavy atom. The Labute approximate surface area is 197 Å². The van der Waals surface area contributed by atoms with E-state index in [1.165, 1.54) is 20.8 Å².